The van der Waals surface area contributed by atoms with E-state index in [9.17, 15) is 18.3 Å². The van der Waals surface area contributed by atoms with E-state index in [1.807, 2.05) is 0 Å². The summed E-state index contributed by atoms with van der Waals surface area (Å²) in [7, 11) is 0. The molecule has 1 unspecified atom stereocenters. The molecule has 0 aliphatic carbocycles. The summed E-state index contributed by atoms with van der Waals surface area (Å²) in [5, 5.41) is 10.3. The van der Waals surface area contributed by atoms with E-state index in [0.717, 1.165) is 0 Å². The molecule has 2 nitrogen and oxygen atoms in total. The number of benzene rings is 2. The van der Waals surface area contributed by atoms with Gasteiger partial charge < -0.3 is 9.84 Å². The van der Waals surface area contributed by atoms with Crippen molar-refractivity contribution < 1.29 is 23.0 Å². The van der Waals surface area contributed by atoms with Crippen molar-refractivity contribution in [1.82, 2.24) is 0 Å². The lowest BCUT2D eigenvalue weighted by Crippen LogP contribution is -2.06. The summed E-state index contributed by atoms with van der Waals surface area (Å²) in [4.78, 5) is 0. The van der Waals surface area contributed by atoms with Crippen LogP contribution in [0, 0.1) is 5.82 Å². The van der Waals surface area contributed by atoms with E-state index >= 15 is 0 Å². The van der Waals surface area contributed by atoms with Gasteiger partial charge >= 0.3 is 6.61 Å². The molecule has 21 heavy (non-hydrogen) atoms. The molecule has 112 valence electrons. The van der Waals surface area contributed by atoms with Gasteiger partial charge in [-0.05, 0) is 29.8 Å². The van der Waals surface area contributed by atoms with E-state index in [-0.39, 0.29) is 22.8 Å². The molecule has 0 aliphatic heterocycles. The van der Waals surface area contributed by atoms with Crippen LogP contribution in [0.15, 0.2) is 42.5 Å². The van der Waals surface area contributed by atoms with Gasteiger partial charge in [0.2, 0.25) is 0 Å². The van der Waals surface area contributed by atoms with Gasteiger partial charge in [0.05, 0.1) is 6.10 Å². The Hall–Kier alpha value is -1.72. The van der Waals surface area contributed by atoms with Gasteiger partial charge in [0, 0.05) is 17.0 Å². The maximum Gasteiger partial charge on any atom is 0.387 e. The average Bonchev–Trinajstić information content (AvgIpc) is 2.42. The molecule has 0 heterocycles. The fourth-order valence-electron chi connectivity index (χ4n) is 1.94. The molecule has 1 atom stereocenters. The molecule has 0 spiro atoms. The predicted molar refractivity (Wildman–Crippen MR) is 73.1 cm³/mol. The SMILES string of the molecule is OC(Cc1c(F)cccc1Cl)c1cccc(OC(F)F)c1. The van der Waals surface area contributed by atoms with Crippen LogP contribution in [0.1, 0.15) is 17.2 Å². The molecule has 2 aromatic carbocycles. The predicted octanol–water partition coefficient (Wildman–Crippen LogP) is 4.36. The maximum absolute atomic E-state index is 13.7. The van der Waals surface area contributed by atoms with Crippen molar-refractivity contribution in [1.29, 1.82) is 0 Å². The zero-order valence-electron chi connectivity index (χ0n) is 10.8. The van der Waals surface area contributed by atoms with Crippen LogP contribution < -0.4 is 4.74 Å². The maximum atomic E-state index is 13.7. The molecular formula is C15H12ClF3O2. The zero-order valence-corrected chi connectivity index (χ0v) is 11.5. The fraction of sp³-hybridized carbons (Fsp3) is 0.200. The molecule has 6 heteroatoms. The van der Waals surface area contributed by atoms with E-state index in [2.05, 4.69) is 4.74 Å². The number of ether oxygens (including phenoxy) is 1. The zero-order chi connectivity index (χ0) is 15.4. The third kappa shape index (κ3) is 4.12. The normalized spacial score (nSPS) is 12.5. The third-order valence-electron chi connectivity index (χ3n) is 2.93. The summed E-state index contributed by atoms with van der Waals surface area (Å²) < 4.78 is 42.2. The number of hydrogen-bond donors (Lipinski definition) is 1. The molecule has 0 aromatic heterocycles. The van der Waals surface area contributed by atoms with Gasteiger partial charge in [-0.2, -0.15) is 8.78 Å². The number of rotatable bonds is 5. The number of aliphatic hydroxyl groups is 1. The first kappa shape index (κ1) is 15.7. The standard InChI is InChI=1S/C15H12ClF3O2/c16-12-5-2-6-13(17)11(12)8-14(20)9-3-1-4-10(7-9)21-15(18)19/h1-7,14-15,20H,8H2. The molecule has 0 saturated heterocycles. The van der Waals surface area contributed by atoms with Crippen molar-refractivity contribution in [3.63, 3.8) is 0 Å². The number of aliphatic hydroxyl groups excluding tert-OH is 1. The highest BCUT2D eigenvalue weighted by molar-refractivity contribution is 6.31. The Bertz CT molecular complexity index is 599. The van der Waals surface area contributed by atoms with Crippen LogP contribution in [-0.4, -0.2) is 11.7 Å². The number of hydrogen-bond acceptors (Lipinski definition) is 2. The number of alkyl halides is 2. The van der Waals surface area contributed by atoms with E-state index in [1.165, 1.54) is 42.5 Å². The molecule has 0 bridgehead atoms. The Kier molecular flexibility index (Phi) is 5.09. The minimum Gasteiger partial charge on any atom is -0.435 e. The summed E-state index contributed by atoms with van der Waals surface area (Å²) in [5.74, 6) is -0.595. The second-order valence-electron chi connectivity index (χ2n) is 4.37. The van der Waals surface area contributed by atoms with Crippen molar-refractivity contribution in [3.05, 3.63) is 64.4 Å². The second kappa shape index (κ2) is 6.83. The van der Waals surface area contributed by atoms with E-state index < -0.39 is 18.5 Å². The first-order valence-corrected chi connectivity index (χ1v) is 6.51. The first-order valence-electron chi connectivity index (χ1n) is 6.13. The highest BCUT2D eigenvalue weighted by Crippen LogP contribution is 2.27. The lowest BCUT2D eigenvalue weighted by molar-refractivity contribution is -0.0499. The highest BCUT2D eigenvalue weighted by Gasteiger charge is 2.15. The van der Waals surface area contributed by atoms with Crippen LogP contribution >= 0.6 is 11.6 Å². The fourth-order valence-corrected chi connectivity index (χ4v) is 2.18. The van der Waals surface area contributed by atoms with Gasteiger partial charge in [0.1, 0.15) is 11.6 Å². The number of halogens is 4. The Morgan fingerprint density at radius 1 is 1.14 bits per heavy atom. The lowest BCUT2D eigenvalue weighted by atomic mass is 10.0. The summed E-state index contributed by atoms with van der Waals surface area (Å²) in [5.41, 5.74) is 0.513. The molecular weight excluding hydrogens is 305 g/mol. The smallest absolute Gasteiger partial charge is 0.387 e. The van der Waals surface area contributed by atoms with Gasteiger partial charge in [-0.3, -0.25) is 0 Å². The molecule has 0 amide bonds. The van der Waals surface area contributed by atoms with Gasteiger partial charge in [-0.25, -0.2) is 4.39 Å². The Morgan fingerprint density at radius 2 is 1.86 bits per heavy atom. The van der Waals surface area contributed by atoms with Crippen molar-refractivity contribution in [2.75, 3.05) is 0 Å². The summed E-state index contributed by atoms with van der Waals surface area (Å²) in [6.07, 6.45) is -1.15. The van der Waals surface area contributed by atoms with Crippen LogP contribution in [0.4, 0.5) is 13.2 Å². The van der Waals surface area contributed by atoms with Crippen LogP contribution in [0.25, 0.3) is 0 Å². The Morgan fingerprint density at radius 3 is 2.52 bits per heavy atom. The van der Waals surface area contributed by atoms with Crippen LogP contribution in [-0.2, 0) is 6.42 Å². The summed E-state index contributed by atoms with van der Waals surface area (Å²) in [6, 6.07) is 9.86. The second-order valence-corrected chi connectivity index (χ2v) is 4.78. The minimum absolute atomic E-state index is 0.0658. The van der Waals surface area contributed by atoms with E-state index in [0.29, 0.717) is 5.56 Å². The largest absolute Gasteiger partial charge is 0.435 e. The molecule has 0 aliphatic rings. The van der Waals surface area contributed by atoms with Gasteiger partial charge in [0.25, 0.3) is 0 Å². The van der Waals surface area contributed by atoms with Crippen molar-refractivity contribution >= 4 is 11.6 Å². The first-order chi connectivity index (χ1) is 9.97. The quantitative estimate of drug-likeness (QED) is 0.888. The minimum atomic E-state index is -2.95. The van der Waals surface area contributed by atoms with Gasteiger partial charge in [-0.15, -0.1) is 0 Å². The van der Waals surface area contributed by atoms with Gasteiger partial charge in [-0.1, -0.05) is 29.8 Å². The summed E-state index contributed by atoms with van der Waals surface area (Å²) >= 11 is 5.89. The van der Waals surface area contributed by atoms with Crippen LogP contribution in [0.2, 0.25) is 5.02 Å². The van der Waals surface area contributed by atoms with Crippen molar-refractivity contribution in [2.24, 2.45) is 0 Å². The average molecular weight is 317 g/mol. The molecule has 0 fully saturated rings. The van der Waals surface area contributed by atoms with E-state index in [1.54, 1.807) is 0 Å². The Labute approximate surface area is 124 Å². The Balaban J connectivity index is 2.18. The molecule has 2 rings (SSSR count). The van der Waals surface area contributed by atoms with Crippen molar-refractivity contribution in [3.8, 4) is 5.75 Å². The topological polar surface area (TPSA) is 29.5 Å². The monoisotopic (exact) mass is 316 g/mol. The van der Waals surface area contributed by atoms with Crippen LogP contribution in [0.5, 0.6) is 5.75 Å². The third-order valence-corrected chi connectivity index (χ3v) is 3.28. The molecule has 0 radical (unpaired) electrons. The highest BCUT2D eigenvalue weighted by atomic mass is 35.5. The molecule has 0 saturated carbocycles. The molecule has 2 aromatic rings. The van der Waals surface area contributed by atoms with Crippen LogP contribution in [0.3, 0.4) is 0 Å². The van der Waals surface area contributed by atoms with E-state index in [4.69, 9.17) is 11.6 Å². The summed E-state index contributed by atoms with van der Waals surface area (Å²) in [6.45, 7) is -2.95. The molecule has 1 N–H and O–H groups in total. The lowest BCUT2D eigenvalue weighted by Gasteiger charge is -2.14. The van der Waals surface area contributed by atoms with Crippen molar-refractivity contribution in [2.45, 2.75) is 19.1 Å². The van der Waals surface area contributed by atoms with Gasteiger partial charge in [0.15, 0.2) is 0 Å².